The fourth-order valence-corrected chi connectivity index (χ4v) is 11.9. The number of unbranched alkanes of at least 4 members (excludes halogenated alkanes) is 20. The second kappa shape index (κ2) is 22.8. The fraction of sp³-hybridized carbons (Fsp3) is 0.654. The summed E-state index contributed by atoms with van der Waals surface area (Å²) in [5.74, 6) is 0. The van der Waals surface area contributed by atoms with Crippen molar-refractivity contribution in [3.63, 3.8) is 0 Å². The van der Waals surface area contributed by atoms with Crippen LogP contribution in [0, 0.1) is 0 Å². The van der Waals surface area contributed by atoms with Gasteiger partial charge >= 0.3 is 14.2 Å². The molecule has 10 nitrogen and oxygen atoms in total. The molecule has 64 heavy (non-hydrogen) atoms. The van der Waals surface area contributed by atoms with E-state index in [1.54, 1.807) is 0 Å². The van der Waals surface area contributed by atoms with E-state index in [-0.39, 0.29) is 0 Å². The highest BCUT2D eigenvalue weighted by Crippen LogP contribution is 2.62. The molecule has 2 aliphatic carbocycles. The minimum atomic E-state index is -1.73. The van der Waals surface area contributed by atoms with Crippen LogP contribution in [0.5, 0.6) is 0 Å². The van der Waals surface area contributed by atoms with Crippen molar-refractivity contribution < 1.29 is 29.4 Å². The minimum Gasteiger partial charge on any atom is -0.423 e. The van der Waals surface area contributed by atoms with Gasteiger partial charge in [-0.25, -0.2) is 9.26 Å². The van der Waals surface area contributed by atoms with Crippen molar-refractivity contribution >= 4 is 47.2 Å². The zero-order valence-corrected chi connectivity index (χ0v) is 39.7. The molecule has 0 spiro atoms. The molecule has 0 fully saturated rings. The van der Waals surface area contributed by atoms with E-state index >= 15 is 0 Å². The smallest absolute Gasteiger partial charge is 0.423 e. The van der Waals surface area contributed by atoms with Crippen LogP contribution in [0.2, 0.25) is 0 Å². The maximum absolute atomic E-state index is 10.9. The molecular formula is C52H76B2N4O6. The molecule has 2 aliphatic rings. The molecule has 0 amide bonds. The van der Waals surface area contributed by atoms with E-state index in [1.807, 2.05) is 12.1 Å². The van der Waals surface area contributed by atoms with Crippen LogP contribution in [-0.4, -0.2) is 55.0 Å². The van der Waals surface area contributed by atoms with Crippen molar-refractivity contribution in [3.05, 3.63) is 46.5 Å². The number of nitrogens with zero attached hydrogens (tertiary/aromatic N) is 4. The maximum atomic E-state index is 10.9. The van der Waals surface area contributed by atoms with E-state index < -0.39 is 25.1 Å². The molecule has 0 saturated carbocycles. The second-order valence-corrected chi connectivity index (χ2v) is 19.6. The third kappa shape index (κ3) is 9.77. The third-order valence-corrected chi connectivity index (χ3v) is 15.3. The molecule has 0 unspecified atom stereocenters. The predicted molar refractivity (Wildman–Crippen MR) is 261 cm³/mol. The molecule has 2 aromatic heterocycles. The highest BCUT2D eigenvalue weighted by molar-refractivity contribution is 6.62. The van der Waals surface area contributed by atoms with Crippen molar-refractivity contribution in [2.45, 2.75) is 218 Å². The third-order valence-electron chi connectivity index (χ3n) is 15.3. The van der Waals surface area contributed by atoms with Gasteiger partial charge in [0.15, 0.2) is 0 Å². The summed E-state index contributed by atoms with van der Waals surface area (Å²) in [5, 5.41) is 61.3. The van der Waals surface area contributed by atoms with E-state index in [0.29, 0.717) is 33.0 Å². The van der Waals surface area contributed by atoms with Crippen LogP contribution in [0.25, 0.3) is 44.3 Å². The monoisotopic (exact) mass is 875 g/mol. The van der Waals surface area contributed by atoms with Crippen molar-refractivity contribution in [1.29, 1.82) is 0 Å². The lowest BCUT2D eigenvalue weighted by Gasteiger charge is -2.35. The quantitative estimate of drug-likeness (QED) is 0.0258. The lowest BCUT2D eigenvalue weighted by atomic mass is 9.67. The van der Waals surface area contributed by atoms with E-state index in [1.165, 1.54) is 114 Å². The molecule has 0 atom stereocenters. The number of hydrogen-bond donors (Lipinski definition) is 4. The molecule has 5 aromatic rings. The number of rotatable bonds is 30. The molecule has 346 valence electrons. The summed E-state index contributed by atoms with van der Waals surface area (Å²) in [5.41, 5.74) is 10.7. The molecular weight excluding hydrogens is 798 g/mol. The first-order chi connectivity index (χ1) is 31.3. The van der Waals surface area contributed by atoms with Crippen LogP contribution < -0.4 is 10.9 Å². The summed E-state index contributed by atoms with van der Waals surface area (Å²) in [6.45, 7) is 9.04. The van der Waals surface area contributed by atoms with Gasteiger partial charge in [0.25, 0.3) is 0 Å². The number of hydrogen-bond acceptors (Lipinski definition) is 10. The molecule has 0 radical (unpaired) electrons. The fourth-order valence-electron chi connectivity index (χ4n) is 11.9. The Morgan fingerprint density at radius 2 is 0.656 bits per heavy atom. The molecule has 12 heteroatoms. The first-order valence-electron chi connectivity index (χ1n) is 25.8. The van der Waals surface area contributed by atoms with Crippen molar-refractivity contribution in [3.8, 4) is 22.3 Å². The highest BCUT2D eigenvalue weighted by atomic mass is 16.6. The average molecular weight is 875 g/mol. The number of fused-ring (bicyclic) bond motifs is 10. The Hall–Kier alpha value is -3.57. The van der Waals surface area contributed by atoms with Gasteiger partial charge in [-0.1, -0.05) is 204 Å². The standard InChI is InChI=1S/C52H76B2N4O6/c1-5-9-13-17-21-25-29-51(30-26-22-18-14-10-6-2)39-33-38-40(34-37(39)45-41(51)35-43(53(59)60)47-49(45)57-63-55-47)52(31-27-23-19-15-11-7-3,32-28-24-20-16-12-8-4)42-36-44(54(61)62)48-50(46(38)42)58-64-56-48/h33-36,59-62H,5-32H2,1-4H3. The van der Waals surface area contributed by atoms with Crippen LogP contribution in [0.15, 0.2) is 33.5 Å². The Labute approximate surface area is 383 Å². The van der Waals surface area contributed by atoms with Gasteiger partial charge in [-0.2, -0.15) is 0 Å². The van der Waals surface area contributed by atoms with Crippen molar-refractivity contribution in [2.75, 3.05) is 0 Å². The predicted octanol–water partition coefficient (Wildman–Crippen LogP) is 11.7. The normalized spacial score (nSPS) is 14.4. The molecule has 3 aromatic carbocycles. The van der Waals surface area contributed by atoms with Gasteiger partial charge in [0.1, 0.15) is 22.1 Å². The van der Waals surface area contributed by atoms with Gasteiger partial charge in [-0.05, 0) is 81.5 Å². The first kappa shape index (κ1) is 48.4. The van der Waals surface area contributed by atoms with E-state index in [9.17, 15) is 20.1 Å². The summed E-state index contributed by atoms with van der Waals surface area (Å²) >= 11 is 0. The zero-order valence-electron chi connectivity index (χ0n) is 39.7. The number of aromatic nitrogens is 4. The SMILES string of the molecule is CCCCCCCCC1(CCCCCCCC)c2cc3c(cc2-c2c1cc(B(O)O)c1nonc21)C(CCCCCCCC)(CCCCCCCC)c1cc(B(O)O)c2nonc2c1-3. The molecule has 7 rings (SSSR count). The lowest BCUT2D eigenvalue weighted by Crippen LogP contribution is -2.34. The van der Waals surface area contributed by atoms with Crippen LogP contribution >= 0.6 is 0 Å². The average Bonchev–Trinajstić information content (AvgIpc) is 4.08. The Morgan fingerprint density at radius 3 is 0.953 bits per heavy atom. The minimum absolute atomic E-state index is 0.335. The van der Waals surface area contributed by atoms with Gasteiger partial charge in [-0.15, -0.1) is 0 Å². The van der Waals surface area contributed by atoms with Crippen molar-refractivity contribution in [2.24, 2.45) is 0 Å². The second-order valence-electron chi connectivity index (χ2n) is 19.6. The van der Waals surface area contributed by atoms with Crippen LogP contribution in [-0.2, 0) is 10.8 Å². The van der Waals surface area contributed by atoms with E-state index in [0.717, 1.165) is 110 Å². The highest BCUT2D eigenvalue weighted by Gasteiger charge is 2.50. The lowest BCUT2D eigenvalue weighted by molar-refractivity contribution is 0.315. The Kier molecular flexibility index (Phi) is 17.2. The topological polar surface area (TPSA) is 159 Å². The van der Waals surface area contributed by atoms with Gasteiger partial charge < -0.3 is 20.1 Å². The van der Waals surface area contributed by atoms with E-state index in [4.69, 9.17) is 9.26 Å². The molecule has 0 bridgehead atoms. The zero-order chi connectivity index (χ0) is 45.1. The summed E-state index contributed by atoms with van der Waals surface area (Å²) < 4.78 is 11.0. The summed E-state index contributed by atoms with van der Waals surface area (Å²) in [7, 11) is -3.46. The molecule has 2 heterocycles. The van der Waals surface area contributed by atoms with Gasteiger partial charge in [0, 0.05) is 32.9 Å². The van der Waals surface area contributed by atoms with Gasteiger partial charge in [0.2, 0.25) is 0 Å². The first-order valence-corrected chi connectivity index (χ1v) is 25.8. The largest absolute Gasteiger partial charge is 0.490 e. The van der Waals surface area contributed by atoms with Gasteiger partial charge in [-0.3, -0.25) is 0 Å². The Bertz CT molecular complexity index is 2080. The maximum Gasteiger partial charge on any atom is 0.490 e. The Morgan fingerprint density at radius 1 is 0.375 bits per heavy atom. The molecule has 0 saturated heterocycles. The van der Waals surface area contributed by atoms with Crippen LogP contribution in [0.1, 0.15) is 230 Å². The summed E-state index contributed by atoms with van der Waals surface area (Å²) in [6, 6.07) is 8.96. The number of benzene rings is 3. The molecule has 0 aliphatic heterocycles. The van der Waals surface area contributed by atoms with E-state index in [2.05, 4.69) is 60.5 Å². The van der Waals surface area contributed by atoms with Crippen LogP contribution in [0.4, 0.5) is 0 Å². The van der Waals surface area contributed by atoms with Crippen LogP contribution in [0.3, 0.4) is 0 Å². The van der Waals surface area contributed by atoms with Crippen molar-refractivity contribution in [1.82, 2.24) is 20.6 Å². The molecule has 4 N–H and O–H groups in total. The summed E-state index contributed by atoms with van der Waals surface area (Å²) in [4.78, 5) is 0. The summed E-state index contributed by atoms with van der Waals surface area (Å²) in [6.07, 6.45) is 31.9. The Balaban J connectivity index is 1.46. The van der Waals surface area contributed by atoms with Gasteiger partial charge in [0.05, 0.1) is 0 Å².